The molecule has 0 saturated carbocycles. The molecule has 2 aromatic rings. The van der Waals surface area contributed by atoms with Crippen LogP contribution >= 0.6 is 11.8 Å². The van der Waals surface area contributed by atoms with Crippen LogP contribution in [0, 0.1) is 0 Å². The number of amides is 1. The largest absolute Gasteiger partial charge is 0.338 e. The Balaban J connectivity index is 1.99. The Morgan fingerprint density at radius 1 is 1.05 bits per heavy atom. The summed E-state index contributed by atoms with van der Waals surface area (Å²) in [6.07, 6.45) is 0. The molecule has 1 unspecified atom stereocenters. The number of nitrogens with zero attached hydrogens (tertiary/aromatic N) is 1. The van der Waals surface area contributed by atoms with E-state index in [1.807, 2.05) is 67.3 Å². The van der Waals surface area contributed by atoms with Crippen molar-refractivity contribution >= 4 is 17.7 Å². The number of rotatable bonds is 6. The topological polar surface area (TPSA) is 20.3 Å². The molecule has 1 amide bonds. The standard InChI is InChI=1S/C18H21NOS/c1-3-19(14-16-10-6-4-7-11-16)18(20)15(2)21-17-12-8-5-9-13-17/h4-13,15H,3,14H2,1-2H3. The second-order valence-electron chi connectivity index (χ2n) is 4.91. The summed E-state index contributed by atoms with van der Waals surface area (Å²) < 4.78 is 0. The van der Waals surface area contributed by atoms with E-state index < -0.39 is 0 Å². The van der Waals surface area contributed by atoms with E-state index in [9.17, 15) is 4.79 Å². The Hall–Kier alpha value is -1.74. The molecule has 1 atom stereocenters. The number of thioether (sulfide) groups is 1. The van der Waals surface area contributed by atoms with Gasteiger partial charge in [0.15, 0.2) is 0 Å². The summed E-state index contributed by atoms with van der Waals surface area (Å²) in [5.41, 5.74) is 1.17. The summed E-state index contributed by atoms with van der Waals surface area (Å²) in [4.78, 5) is 15.6. The summed E-state index contributed by atoms with van der Waals surface area (Å²) >= 11 is 1.61. The van der Waals surface area contributed by atoms with Gasteiger partial charge >= 0.3 is 0 Å². The minimum absolute atomic E-state index is 0.0731. The highest BCUT2D eigenvalue weighted by Gasteiger charge is 2.20. The second kappa shape index (κ2) is 7.89. The highest BCUT2D eigenvalue weighted by atomic mass is 32.2. The number of hydrogen-bond donors (Lipinski definition) is 0. The van der Waals surface area contributed by atoms with E-state index in [0.29, 0.717) is 6.54 Å². The molecule has 0 radical (unpaired) electrons. The third kappa shape index (κ3) is 4.64. The fraction of sp³-hybridized carbons (Fsp3) is 0.278. The zero-order chi connectivity index (χ0) is 15.1. The molecule has 0 aliphatic heterocycles. The molecule has 0 bridgehead atoms. The molecule has 0 N–H and O–H groups in total. The lowest BCUT2D eigenvalue weighted by atomic mass is 10.2. The molecule has 0 aromatic heterocycles. The summed E-state index contributed by atoms with van der Waals surface area (Å²) in [5, 5.41) is -0.0731. The van der Waals surface area contributed by atoms with E-state index in [4.69, 9.17) is 0 Å². The molecule has 3 heteroatoms. The highest BCUT2D eigenvalue weighted by Crippen LogP contribution is 2.24. The van der Waals surface area contributed by atoms with Crippen LogP contribution < -0.4 is 0 Å². The zero-order valence-corrected chi connectivity index (χ0v) is 13.3. The van der Waals surface area contributed by atoms with Crippen molar-refractivity contribution in [2.45, 2.75) is 30.5 Å². The first-order chi connectivity index (χ1) is 10.2. The summed E-state index contributed by atoms with van der Waals surface area (Å²) in [5.74, 6) is 0.190. The fourth-order valence-electron chi connectivity index (χ4n) is 2.16. The number of carbonyl (C=O) groups excluding carboxylic acids is 1. The van der Waals surface area contributed by atoms with E-state index in [0.717, 1.165) is 11.4 Å². The first-order valence-electron chi connectivity index (χ1n) is 7.25. The van der Waals surface area contributed by atoms with Gasteiger partial charge in [0.2, 0.25) is 5.91 Å². The molecule has 21 heavy (non-hydrogen) atoms. The third-order valence-corrected chi connectivity index (χ3v) is 4.41. The van der Waals surface area contributed by atoms with Gasteiger partial charge in [-0.3, -0.25) is 4.79 Å². The molecular formula is C18H21NOS. The van der Waals surface area contributed by atoms with Gasteiger partial charge in [0.25, 0.3) is 0 Å². The number of carbonyl (C=O) groups is 1. The molecule has 0 aliphatic carbocycles. The van der Waals surface area contributed by atoms with Crippen molar-refractivity contribution in [2.24, 2.45) is 0 Å². The molecular weight excluding hydrogens is 278 g/mol. The van der Waals surface area contributed by atoms with E-state index in [1.165, 1.54) is 5.56 Å². The molecule has 0 heterocycles. The molecule has 2 nitrogen and oxygen atoms in total. The molecule has 0 aliphatic rings. The van der Waals surface area contributed by atoms with Crippen molar-refractivity contribution in [3.63, 3.8) is 0 Å². The smallest absolute Gasteiger partial charge is 0.236 e. The summed E-state index contributed by atoms with van der Waals surface area (Å²) in [6, 6.07) is 20.2. The predicted octanol–water partition coefficient (Wildman–Crippen LogP) is 4.22. The van der Waals surface area contributed by atoms with Crippen LogP contribution in [0.1, 0.15) is 19.4 Å². The maximum atomic E-state index is 12.6. The molecule has 2 aromatic carbocycles. The van der Waals surface area contributed by atoms with Crippen molar-refractivity contribution in [2.75, 3.05) is 6.54 Å². The monoisotopic (exact) mass is 299 g/mol. The Bertz CT molecular complexity index is 556. The van der Waals surface area contributed by atoms with Crippen LogP contribution in [0.15, 0.2) is 65.6 Å². The third-order valence-electron chi connectivity index (χ3n) is 3.31. The maximum Gasteiger partial charge on any atom is 0.236 e. The lowest BCUT2D eigenvalue weighted by Crippen LogP contribution is -2.35. The van der Waals surface area contributed by atoms with Gasteiger partial charge in [-0.2, -0.15) is 0 Å². The van der Waals surface area contributed by atoms with Gasteiger partial charge in [-0.05, 0) is 31.5 Å². The zero-order valence-electron chi connectivity index (χ0n) is 12.5. The Kier molecular flexibility index (Phi) is 5.88. The van der Waals surface area contributed by atoms with Gasteiger partial charge in [0, 0.05) is 18.0 Å². The number of benzene rings is 2. The van der Waals surface area contributed by atoms with Crippen LogP contribution in [0.4, 0.5) is 0 Å². The normalized spacial score (nSPS) is 11.9. The van der Waals surface area contributed by atoms with Gasteiger partial charge in [-0.15, -0.1) is 11.8 Å². The van der Waals surface area contributed by atoms with Gasteiger partial charge in [-0.1, -0.05) is 48.5 Å². The summed E-state index contributed by atoms with van der Waals surface area (Å²) in [6.45, 7) is 5.41. The second-order valence-corrected chi connectivity index (χ2v) is 6.33. The molecule has 0 fully saturated rings. The first kappa shape index (κ1) is 15.6. The van der Waals surface area contributed by atoms with Crippen LogP contribution in [0.5, 0.6) is 0 Å². The lowest BCUT2D eigenvalue weighted by Gasteiger charge is -2.24. The van der Waals surface area contributed by atoms with Crippen LogP contribution in [0.3, 0.4) is 0 Å². The summed E-state index contributed by atoms with van der Waals surface area (Å²) in [7, 11) is 0. The van der Waals surface area contributed by atoms with E-state index in [1.54, 1.807) is 11.8 Å². The van der Waals surface area contributed by atoms with Crippen molar-refractivity contribution < 1.29 is 4.79 Å². The molecule has 0 spiro atoms. The lowest BCUT2D eigenvalue weighted by molar-refractivity contribution is -0.130. The first-order valence-corrected chi connectivity index (χ1v) is 8.13. The van der Waals surface area contributed by atoms with Crippen molar-refractivity contribution in [1.82, 2.24) is 4.90 Å². The molecule has 0 saturated heterocycles. The number of hydrogen-bond acceptors (Lipinski definition) is 2. The average molecular weight is 299 g/mol. The maximum absolute atomic E-state index is 12.6. The van der Waals surface area contributed by atoms with Gasteiger partial charge in [-0.25, -0.2) is 0 Å². The van der Waals surface area contributed by atoms with Gasteiger partial charge < -0.3 is 4.90 Å². The van der Waals surface area contributed by atoms with Crippen LogP contribution in [-0.2, 0) is 11.3 Å². The van der Waals surface area contributed by atoms with E-state index in [2.05, 4.69) is 12.1 Å². The minimum atomic E-state index is -0.0731. The fourth-order valence-corrected chi connectivity index (χ4v) is 3.13. The SMILES string of the molecule is CCN(Cc1ccccc1)C(=O)C(C)Sc1ccccc1. The molecule has 110 valence electrons. The van der Waals surface area contributed by atoms with Crippen LogP contribution in [0.25, 0.3) is 0 Å². The Morgan fingerprint density at radius 2 is 1.62 bits per heavy atom. The Labute approximate surface area is 131 Å². The predicted molar refractivity (Wildman–Crippen MR) is 89.3 cm³/mol. The van der Waals surface area contributed by atoms with E-state index in [-0.39, 0.29) is 11.2 Å². The van der Waals surface area contributed by atoms with E-state index >= 15 is 0 Å². The Morgan fingerprint density at radius 3 is 2.19 bits per heavy atom. The van der Waals surface area contributed by atoms with Crippen molar-refractivity contribution in [3.8, 4) is 0 Å². The molecule has 2 rings (SSSR count). The van der Waals surface area contributed by atoms with Crippen LogP contribution in [0.2, 0.25) is 0 Å². The van der Waals surface area contributed by atoms with Crippen molar-refractivity contribution in [1.29, 1.82) is 0 Å². The van der Waals surface area contributed by atoms with Gasteiger partial charge in [0.1, 0.15) is 0 Å². The highest BCUT2D eigenvalue weighted by molar-refractivity contribution is 8.00. The quantitative estimate of drug-likeness (QED) is 0.745. The average Bonchev–Trinajstić information content (AvgIpc) is 2.54. The van der Waals surface area contributed by atoms with Crippen LogP contribution in [-0.4, -0.2) is 22.6 Å². The van der Waals surface area contributed by atoms with Gasteiger partial charge in [0.05, 0.1) is 5.25 Å². The minimum Gasteiger partial charge on any atom is -0.338 e. The van der Waals surface area contributed by atoms with Crippen molar-refractivity contribution in [3.05, 3.63) is 66.2 Å².